The number of fused-ring (bicyclic) bond motifs is 1. The number of pyridine rings is 1. The van der Waals surface area contributed by atoms with Crippen molar-refractivity contribution in [1.29, 1.82) is 0 Å². The van der Waals surface area contributed by atoms with Gasteiger partial charge >= 0.3 is 0 Å². The van der Waals surface area contributed by atoms with Crippen LogP contribution in [0.2, 0.25) is 5.02 Å². The summed E-state index contributed by atoms with van der Waals surface area (Å²) in [6.45, 7) is 3.69. The molecule has 0 spiro atoms. The maximum absolute atomic E-state index is 14.9. The van der Waals surface area contributed by atoms with Gasteiger partial charge in [-0.2, -0.15) is 5.10 Å². The van der Waals surface area contributed by atoms with E-state index in [0.717, 1.165) is 23.2 Å². The first-order valence-electron chi connectivity index (χ1n) is 11.0. The number of halogens is 2. The third-order valence-electron chi connectivity index (χ3n) is 5.84. The number of carbonyl (C=O) groups excluding carboxylic acids is 1. The summed E-state index contributed by atoms with van der Waals surface area (Å²) in [5.74, 6) is -0.462. The fourth-order valence-electron chi connectivity index (χ4n) is 4.16. The van der Waals surface area contributed by atoms with Crippen LogP contribution < -0.4 is 0 Å². The molecule has 0 bridgehead atoms. The summed E-state index contributed by atoms with van der Waals surface area (Å²) >= 11 is 5.99. The first-order chi connectivity index (χ1) is 15.9. The lowest BCUT2D eigenvalue weighted by Gasteiger charge is -2.35. The van der Waals surface area contributed by atoms with Crippen molar-refractivity contribution in [2.45, 2.75) is 32.5 Å². The van der Waals surface area contributed by atoms with Crippen molar-refractivity contribution in [3.8, 4) is 22.4 Å². The number of hydrogen-bond acceptors (Lipinski definition) is 4. The molecular formula is C25H27ClFN5O. The molecule has 2 aromatic heterocycles. The van der Waals surface area contributed by atoms with Gasteiger partial charge in [0.15, 0.2) is 0 Å². The SMILES string of the molecule is CCC1Cn2nc(-c3ccc(Cl)cc3F)c(-c3ccncc3)c2CN1C(=O)/C=C/CN(C)C. The summed E-state index contributed by atoms with van der Waals surface area (Å²) in [6.07, 6.45) is 7.71. The van der Waals surface area contributed by atoms with Gasteiger partial charge in [-0.05, 0) is 56.4 Å². The van der Waals surface area contributed by atoms with E-state index in [-0.39, 0.29) is 11.9 Å². The predicted molar refractivity (Wildman–Crippen MR) is 128 cm³/mol. The molecule has 0 fully saturated rings. The van der Waals surface area contributed by atoms with Crippen LogP contribution in [0.15, 0.2) is 54.9 Å². The fourth-order valence-corrected chi connectivity index (χ4v) is 4.32. The molecule has 1 unspecified atom stereocenters. The molecular weight excluding hydrogens is 441 g/mol. The summed E-state index contributed by atoms with van der Waals surface area (Å²) < 4.78 is 16.8. The summed E-state index contributed by atoms with van der Waals surface area (Å²) in [7, 11) is 3.92. The first kappa shape index (κ1) is 23.1. The fraction of sp³-hybridized carbons (Fsp3) is 0.320. The van der Waals surface area contributed by atoms with Gasteiger partial charge in [0.25, 0.3) is 0 Å². The van der Waals surface area contributed by atoms with E-state index in [4.69, 9.17) is 16.7 Å². The second-order valence-corrected chi connectivity index (χ2v) is 8.84. The number of likely N-dealkylation sites (N-methyl/N-ethyl adjacent to an activating group) is 1. The number of nitrogens with zero attached hydrogens (tertiary/aromatic N) is 5. The zero-order chi connectivity index (χ0) is 23.5. The zero-order valence-corrected chi connectivity index (χ0v) is 19.8. The maximum atomic E-state index is 14.9. The molecule has 6 nitrogen and oxygen atoms in total. The Kier molecular flexibility index (Phi) is 6.91. The van der Waals surface area contributed by atoms with Crippen LogP contribution in [0.1, 0.15) is 19.0 Å². The van der Waals surface area contributed by atoms with E-state index >= 15 is 0 Å². The van der Waals surface area contributed by atoms with E-state index in [2.05, 4.69) is 11.9 Å². The van der Waals surface area contributed by atoms with Gasteiger partial charge in [-0.1, -0.05) is 24.6 Å². The summed E-state index contributed by atoms with van der Waals surface area (Å²) in [6, 6.07) is 8.37. The van der Waals surface area contributed by atoms with Crippen LogP contribution in [0.4, 0.5) is 4.39 Å². The first-order valence-corrected chi connectivity index (χ1v) is 11.3. The number of hydrogen-bond donors (Lipinski definition) is 0. The summed E-state index contributed by atoms with van der Waals surface area (Å²) in [5.41, 5.74) is 3.48. The highest BCUT2D eigenvalue weighted by Crippen LogP contribution is 2.38. The highest BCUT2D eigenvalue weighted by atomic mass is 35.5. The van der Waals surface area contributed by atoms with Gasteiger partial charge < -0.3 is 9.80 Å². The maximum Gasteiger partial charge on any atom is 0.246 e. The number of rotatable bonds is 6. The van der Waals surface area contributed by atoms with Gasteiger partial charge in [0.05, 0.1) is 24.8 Å². The molecule has 8 heteroatoms. The van der Waals surface area contributed by atoms with Crippen LogP contribution in [-0.4, -0.2) is 57.2 Å². The molecule has 172 valence electrons. The molecule has 0 saturated heterocycles. The van der Waals surface area contributed by atoms with Gasteiger partial charge in [-0.25, -0.2) is 4.39 Å². The lowest BCUT2D eigenvalue weighted by atomic mass is 9.97. The zero-order valence-electron chi connectivity index (χ0n) is 19.0. The molecule has 1 aliphatic rings. The van der Waals surface area contributed by atoms with Gasteiger partial charge in [0, 0.05) is 41.2 Å². The average Bonchev–Trinajstić information content (AvgIpc) is 3.16. The molecule has 0 aliphatic carbocycles. The molecule has 1 atom stereocenters. The monoisotopic (exact) mass is 467 g/mol. The van der Waals surface area contributed by atoms with Crippen molar-refractivity contribution in [2.24, 2.45) is 0 Å². The third kappa shape index (κ3) is 4.84. The highest BCUT2D eigenvalue weighted by Gasteiger charge is 2.33. The van der Waals surface area contributed by atoms with Crippen molar-refractivity contribution in [1.82, 2.24) is 24.6 Å². The van der Waals surface area contributed by atoms with Crippen molar-refractivity contribution in [3.63, 3.8) is 0 Å². The third-order valence-corrected chi connectivity index (χ3v) is 6.08. The second-order valence-electron chi connectivity index (χ2n) is 8.41. The van der Waals surface area contributed by atoms with Gasteiger partial charge in [-0.3, -0.25) is 14.5 Å². The van der Waals surface area contributed by atoms with Crippen LogP contribution >= 0.6 is 11.6 Å². The molecule has 3 aromatic rings. The van der Waals surface area contributed by atoms with Crippen molar-refractivity contribution in [3.05, 3.63) is 71.4 Å². The van der Waals surface area contributed by atoms with E-state index in [9.17, 15) is 9.18 Å². The molecule has 1 aliphatic heterocycles. The minimum Gasteiger partial charge on any atom is -0.328 e. The Morgan fingerprint density at radius 3 is 2.70 bits per heavy atom. The van der Waals surface area contributed by atoms with E-state index in [1.807, 2.05) is 46.8 Å². The Morgan fingerprint density at radius 1 is 1.27 bits per heavy atom. The Hall–Kier alpha value is -3.03. The Labute approximate surface area is 198 Å². The molecule has 1 amide bonds. The Bertz CT molecular complexity index is 1180. The smallest absolute Gasteiger partial charge is 0.246 e. The van der Waals surface area contributed by atoms with E-state index in [1.54, 1.807) is 30.6 Å². The molecule has 4 rings (SSSR count). The number of carbonyl (C=O) groups is 1. The largest absolute Gasteiger partial charge is 0.328 e. The summed E-state index contributed by atoms with van der Waals surface area (Å²) in [4.78, 5) is 21.1. The summed E-state index contributed by atoms with van der Waals surface area (Å²) in [5, 5.41) is 5.15. The predicted octanol–water partition coefficient (Wildman–Crippen LogP) is 4.64. The molecule has 0 radical (unpaired) electrons. The number of amides is 1. The van der Waals surface area contributed by atoms with Gasteiger partial charge in [0.1, 0.15) is 11.5 Å². The van der Waals surface area contributed by atoms with Crippen molar-refractivity contribution < 1.29 is 9.18 Å². The molecule has 0 saturated carbocycles. The topological polar surface area (TPSA) is 54.3 Å². The van der Waals surface area contributed by atoms with E-state index in [0.29, 0.717) is 35.9 Å². The number of benzene rings is 1. The van der Waals surface area contributed by atoms with Gasteiger partial charge in [-0.15, -0.1) is 0 Å². The Morgan fingerprint density at radius 2 is 2.03 bits per heavy atom. The minimum atomic E-state index is -0.431. The lowest BCUT2D eigenvalue weighted by molar-refractivity contribution is -0.130. The second kappa shape index (κ2) is 9.85. The van der Waals surface area contributed by atoms with Crippen LogP contribution in [0, 0.1) is 5.82 Å². The van der Waals surface area contributed by atoms with Crippen LogP contribution in [0.3, 0.4) is 0 Å². The van der Waals surface area contributed by atoms with Gasteiger partial charge in [0.2, 0.25) is 5.91 Å². The van der Waals surface area contributed by atoms with Crippen LogP contribution in [0.25, 0.3) is 22.4 Å². The van der Waals surface area contributed by atoms with Crippen LogP contribution in [-0.2, 0) is 17.9 Å². The molecule has 3 heterocycles. The molecule has 33 heavy (non-hydrogen) atoms. The highest BCUT2D eigenvalue weighted by molar-refractivity contribution is 6.30. The van der Waals surface area contributed by atoms with E-state index in [1.165, 1.54) is 6.07 Å². The minimum absolute atomic E-state index is 0.00195. The lowest BCUT2D eigenvalue weighted by Crippen LogP contribution is -2.45. The average molecular weight is 468 g/mol. The van der Waals surface area contributed by atoms with E-state index < -0.39 is 5.82 Å². The normalized spacial score (nSPS) is 15.9. The molecule has 1 aromatic carbocycles. The Balaban J connectivity index is 1.81. The van der Waals surface area contributed by atoms with Crippen molar-refractivity contribution in [2.75, 3.05) is 20.6 Å². The van der Waals surface area contributed by atoms with Crippen LogP contribution in [0.5, 0.6) is 0 Å². The van der Waals surface area contributed by atoms with Crippen molar-refractivity contribution >= 4 is 17.5 Å². The molecule has 0 N–H and O–H groups in total. The standard InChI is InChI=1S/C25H27ClFN5O/c1-4-19-15-32-22(16-31(19)23(33)6-5-13-30(2)3)24(17-9-11-28-12-10-17)25(29-32)20-8-7-18(26)14-21(20)27/h5-12,14,19H,4,13,15-16H2,1-3H3/b6-5+. The number of aromatic nitrogens is 3. The quantitative estimate of drug-likeness (QED) is 0.495.